The molecule has 2 amide bonds. The van der Waals surface area contributed by atoms with Gasteiger partial charge in [0.1, 0.15) is 11.9 Å². The summed E-state index contributed by atoms with van der Waals surface area (Å²) in [6.45, 7) is 2.47. The molecular weight excluding hydrogens is 600 g/mol. The molecule has 0 unspecified atom stereocenters. The van der Waals surface area contributed by atoms with Crippen LogP contribution < -0.4 is 9.62 Å². The van der Waals surface area contributed by atoms with Crippen molar-refractivity contribution in [2.24, 2.45) is 0 Å². The Morgan fingerprint density at radius 2 is 1.57 bits per heavy atom. The molecule has 3 rings (SSSR count). The van der Waals surface area contributed by atoms with Crippen LogP contribution >= 0.6 is 23.2 Å². The fraction of sp³-hybridized carbons (Fsp3) is 0.355. The van der Waals surface area contributed by atoms with E-state index in [1.54, 1.807) is 18.2 Å². The lowest BCUT2D eigenvalue weighted by Crippen LogP contribution is -2.50. The lowest BCUT2D eigenvalue weighted by Gasteiger charge is -2.32. The number of amides is 2. The van der Waals surface area contributed by atoms with E-state index in [0.717, 1.165) is 29.0 Å². The lowest BCUT2D eigenvalue weighted by atomic mass is 10.0. The fourth-order valence-electron chi connectivity index (χ4n) is 4.53. The third-order valence-corrected chi connectivity index (χ3v) is 8.66. The topological polar surface area (TPSA) is 86.8 Å². The molecule has 0 aromatic heterocycles. The first-order chi connectivity index (χ1) is 20.0. The van der Waals surface area contributed by atoms with Gasteiger partial charge in [-0.05, 0) is 54.8 Å². The maximum absolute atomic E-state index is 13.9. The van der Waals surface area contributed by atoms with E-state index in [9.17, 15) is 22.4 Å². The summed E-state index contributed by atoms with van der Waals surface area (Å²) in [4.78, 5) is 28.9. The quantitative estimate of drug-likeness (QED) is 0.200. The Morgan fingerprint density at radius 1 is 0.929 bits per heavy atom. The molecule has 0 aliphatic rings. The minimum absolute atomic E-state index is 0.0101. The van der Waals surface area contributed by atoms with Gasteiger partial charge in [-0.25, -0.2) is 12.8 Å². The van der Waals surface area contributed by atoms with Crippen molar-refractivity contribution in [3.05, 3.63) is 99.8 Å². The molecule has 0 radical (unpaired) electrons. The number of hydrogen-bond acceptors (Lipinski definition) is 4. The van der Waals surface area contributed by atoms with Gasteiger partial charge in [0.2, 0.25) is 21.8 Å². The molecule has 0 saturated heterocycles. The molecule has 3 aromatic rings. The molecule has 0 bridgehead atoms. The molecule has 0 saturated carbocycles. The highest BCUT2D eigenvalue weighted by molar-refractivity contribution is 7.92. The average molecular weight is 637 g/mol. The molecule has 1 atom stereocenters. The Morgan fingerprint density at radius 3 is 2.17 bits per heavy atom. The third-order valence-electron chi connectivity index (χ3n) is 6.76. The molecule has 1 N–H and O–H groups in total. The van der Waals surface area contributed by atoms with Crippen molar-refractivity contribution in [1.82, 2.24) is 10.2 Å². The summed E-state index contributed by atoms with van der Waals surface area (Å²) >= 11 is 13.0. The highest BCUT2D eigenvalue weighted by Gasteiger charge is 2.31. The second-order valence-electron chi connectivity index (χ2n) is 9.99. The molecule has 3 aromatic carbocycles. The summed E-state index contributed by atoms with van der Waals surface area (Å²) in [5.41, 5.74) is 1.68. The van der Waals surface area contributed by atoms with Crippen molar-refractivity contribution in [1.29, 1.82) is 0 Å². The molecule has 11 heteroatoms. The van der Waals surface area contributed by atoms with E-state index < -0.39 is 21.9 Å². The Kier molecular flexibility index (Phi) is 12.6. The summed E-state index contributed by atoms with van der Waals surface area (Å²) in [6.07, 6.45) is 3.11. The second-order valence-corrected chi connectivity index (χ2v) is 12.7. The van der Waals surface area contributed by atoms with Crippen LogP contribution in [-0.2, 0) is 32.6 Å². The molecule has 0 fully saturated rings. The van der Waals surface area contributed by atoms with Crippen LogP contribution in [0, 0.1) is 5.82 Å². The van der Waals surface area contributed by atoms with Crippen molar-refractivity contribution in [2.75, 3.05) is 23.7 Å². The third kappa shape index (κ3) is 9.71. The first kappa shape index (κ1) is 33.4. The molecule has 0 aliphatic heterocycles. The molecule has 42 heavy (non-hydrogen) atoms. The SMILES string of the molecule is CCCCNC(=O)[C@H](Cc1ccccc1)N(Cc1c(Cl)cccc1Cl)C(=O)CCCN(c1ccc(F)cc1)S(C)(=O)=O. The summed E-state index contributed by atoms with van der Waals surface area (Å²) in [7, 11) is -3.71. The average Bonchev–Trinajstić information content (AvgIpc) is 2.95. The molecule has 0 spiro atoms. The maximum Gasteiger partial charge on any atom is 0.243 e. The highest BCUT2D eigenvalue weighted by Crippen LogP contribution is 2.28. The van der Waals surface area contributed by atoms with Crippen molar-refractivity contribution in [3.8, 4) is 0 Å². The van der Waals surface area contributed by atoms with E-state index >= 15 is 0 Å². The minimum atomic E-state index is -3.71. The van der Waals surface area contributed by atoms with Gasteiger partial charge < -0.3 is 10.2 Å². The van der Waals surface area contributed by atoms with Crippen LogP contribution in [0.25, 0.3) is 0 Å². The van der Waals surface area contributed by atoms with Gasteiger partial charge in [0.15, 0.2) is 0 Å². The number of nitrogens with one attached hydrogen (secondary N) is 1. The predicted molar refractivity (Wildman–Crippen MR) is 167 cm³/mol. The monoisotopic (exact) mass is 635 g/mol. The number of benzene rings is 3. The minimum Gasteiger partial charge on any atom is -0.354 e. The number of halogens is 3. The van der Waals surface area contributed by atoms with Crippen molar-refractivity contribution >= 4 is 50.7 Å². The zero-order chi connectivity index (χ0) is 30.7. The van der Waals surface area contributed by atoms with Crippen LogP contribution in [0.1, 0.15) is 43.7 Å². The summed E-state index contributed by atoms with van der Waals surface area (Å²) < 4.78 is 39.6. The van der Waals surface area contributed by atoms with Crippen LogP contribution in [-0.4, -0.2) is 50.5 Å². The summed E-state index contributed by atoms with van der Waals surface area (Å²) in [5, 5.41) is 3.69. The predicted octanol–water partition coefficient (Wildman–Crippen LogP) is 6.24. The fourth-order valence-corrected chi connectivity index (χ4v) is 6.01. The molecule has 0 aliphatic carbocycles. The van der Waals surface area contributed by atoms with Crippen LogP contribution in [0.2, 0.25) is 10.0 Å². The molecule has 226 valence electrons. The number of hydrogen-bond donors (Lipinski definition) is 1. The van der Waals surface area contributed by atoms with Gasteiger partial charge in [-0.2, -0.15) is 0 Å². The van der Waals surface area contributed by atoms with Crippen molar-refractivity contribution < 1.29 is 22.4 Å². The van der Waals surface area contributed by atoms with Gasteiger partial charge in [0, 0.05) is 48.1 Å². The number of nitrogens with zero attached hydrogens (tertiary/aromatic N) is 2. The van der Waals surface area contributed by atoms with Crippen LogP contribution in [0.5, 0.6) is 0 Å². The van der Waals surface area contributed by atoms with E-state index in [1.807, 2.05) is 37.3 Å². The Bertz CT molecular complexity index is 1420. The molecular formula is C31H36Cl2FN3O4S. The zero-order valence-electron chi connectivity index (χ0n) is 23.7. The summed E-state index contributed by atoms with van der Waals surface area (Å²) in [5.74, 6) is -1.14. The zero-order valence-corrected chi connectivity index (χ0v) is 26.1. The standard InChI is InChI=1S/C31H36Cl2FN3O4S/c1-3-4-19-35-31(39)29(21-23-10-6-5-7-11-23)36(22-26-27(32)12-8-13-28(26)33)30(38)14-9-20-37(42(2,40)41)25-17-15-24(34)16-18-25/h5-8,10-13,15-18,29H,3-4,9,14,19-22H2,1-2H3,(H,35,39)/t29-/m0/s1. The number of carbonyl (C=O) groups is 2. The van der Waals surface area contributed by atoms with E-state index in [2.05, 4.69) is 5.32 Å². The van der Waals surface area contributed by atoms with E-state index in [1.165, 1.54) is 29.2 Å². The number of carbonyl (C=O) groups excluding carboxylic acids is 2. The Hall–Kier alpha value is -3.14. The maximum atomic E-state index is 13.9. The van der Waals surface area contributed by atoms with Crippen molar-refractivity contribution in [3.63, 3.8) is 0 Å². The molecule has 0 heterocycles. The van der Waals surface area contributed by atoms with E-state index in [0.29, 0.717) is 27.8 Å². The van der Waals surface area contributed by atoms with Crippen LogP contribution in [0.15, 0.2) is 72.8 Å². The Balaban J connectivity index is 1.91. The van der Waals surface area contributed by atoms with Gasteiger partial charge in [-0.15, -0.1) is 0 Å². The number of anilines is 1. The number of unbranched alkanes of at least 4 members (excludes halogenated alkanes) is 1. The molecule has 7 nitrogen and oxygen atoms in total. The number of rotatable bonds is 15. The second kappa shape index (κ2) is 15.9. The summed E-state index contributed by atoms with van der Waals surface area (Å²) in [6, 6.07) is 18.7. The lowest BCUT2D eigenvalue weighted by molar-refractivity contribution is -0.141. The normalized spacial score (nSPS) is 12.0. The van der Waals surface area contributed by atoms with Gasteiger partial charge in [-0.1, -0.05) is 72.9 Å². The highest BCUT2D eigenvalue weighted by atomic mass is 35.5. The smallest absolute Gasteiger partial charge is 0.243 e. The largest absolute Gasteiger partial charge is 0.354 e. The first-order valence-corrected chi connectivity index (χ1v) is 16.4. The van der Waals surface area contributed by atoms with Gasteiger partial charge in [0.05, 0.1) is 11.9 Å². The first-order valence-electron chi connectivity index (χ1n) is 13.8. The Labute approximate surface area is 257 Å². The van der Waals surface area contributed by atoms with E-state index in [-0.39, 0.29) is 44.2 Å². The number of sulfonamides is 1. The van der Waals surface area contributed by atoms with Crippen LogP contribution in [0.3, 0.4) is 0 Å². The van der Waals surface area contributed by atoms with E-state index in [4.69, 9.17) is 23.2 Å². The van der Waals surface area contributed by atoms with Crippen LogP contribution in [0.4, 0.5) is 10.1 Å². The van der Waals surface area contributed by atoms with Gasteiger partial charge in [0.25, 0.3) is 0 Å². The van der Waals surface area contributed by atoms with Gasteiger partial charge in [-0.3, -0.25) is 13.9 Å². The van der Waals surface area contributed by atoms with Gasteiger partial charge >= 0.3 is 0 Å². The van der Waals surface area contributed by atoms with Crippen molar-refractivity contribution in [2.45, 2.75) is 51.6 Å².